The highest BCUT2D eigenvalue weighted by molar-refractivity contribution is 7.99. The van der Waals surface area contributed by atoms with E-state index in [0.29, 0.717) is 28.5 Å². The number of pyridine rings is 1. The molecule has 0 amide bonds. The molecular weight excluding hydrogens is 282 g/mol. The minimum Gasteiger partial charge on any atom is -0.416 e. The van der Waals surface area contributed by atoms with Crippen molar-refractivity contribution in [1.29, 1.82) is 0 Å². The standard InChI is InChI=1S/C11H13N5O3S/c1-3-4-12-9-5-8(16(17)18)6-10(13-9)20-11-15-14-7(2)19-11/h5-6H,3-4H2,1-2H3,(H,12,13). The van der Waals surface area contributed by atoms with E-state index < -0.39 is 4.92 Å². The second-order valence-electron chi connectivity index (χ2n) is 3.92. The van der Waals surface area contributed by atoms with Crippen molar-refractivity contribution >= 4 is 23.3 Å². The first kappa shape index (κ1) is 14.3. The maximum absolute atomic E-state index is 10.9. The Morgan fingerprint density at radius 3 is 2.85 bits per heavy atom. The van der Waals surface area contributed by atoms with Gasteiger partial charge < -0.3 is 9.73 Å². The van der Waals surface area contributed by atoms with Gasteiger partial charge in [-0.3, -0.25) is 10.1 Å². The van der Waals surface area contributed by atoms with Crippen LogP contribution in [0.1, 0.15) is 19.2 Å². The quantitative estimate of drug-likeness (QED) is 0.640. The van der Waals surface area contributed by atoms with Crippen molar-refractivity contribution in [2.45, 2.75) is 30.5 Å². The molecule has 0 saturated heterocycles. The highest BCUT2D eigenvalue weighted by atomic mass is 32.2. The maximum atomic E-state index is 10.9. The molecule has 20 heavy (non-hydrogen) atoms. The smallest absolute Gasteiger partial charge is 0.282 e. The van der Waals surface area contributed by atoms with E-state index in [0.717, 1.165) is 18.2 Å². The fourth-order valence-electron chi connectivity index (χ4n) is 1.40. The number of aryl methyl sites for hydroxylation is 1. The lowest BCUT2D eigenvalue weighted by atomic mass is 10.4. The van der Waals surface area contributed by atoms with E-state index in [9.17, 15) is 10.1 Å². The molecule has 0 aliphatic heterocycles. The lowest BCUT2D eigenvalue weighted by Crippen LogP contribution is -2.03. The number of hydrogen-bond donors (Lipinski definition) is 1. The molecule has 0 spiro atoms. The molecule has 8 nitrogen and oxygen atoms in total. The van der Waals surface area contributed by atoms with Crippen LogP contribution < -0.4 is 5.32 Å². The van der Waals surface area contributed by atoms with E-state index in [1.807, 2.05) is 6.92 Å². The van der Waals surface area contributed by atoms with Crippen molar-refractivity contribution in [1.82, 2.24) is 15.2 Å². The van der Waals surface area contributed by atoms with Crippen LogP contribution in [0.2, 0.25) is 0 Å². The summed E-state index contributed by atoms with van der Waals surface area (Å²) in [6, 6.07) is 2.78. The Labute approximate surface area is 119 Å². The Balaban J connectivity index is 2.26. The number of aromatic nitrogens is 3. The zero-order valence-corrected chi connectivity index (χ0v) is 11.8. The van der Waals surface area contributed by atoms with Crippen LogP contribution in [0.15, 0.2) is 26.8 Å². The third kappa shape index (κ3) is 3.67. The minimum absolute atomic E-state index is 0.0302. The Hall–Kier alpha value is -2.16. The fourth-order valence-corrected chi connectivity index (χ4v) is 2.15. The van der Waals surface area contributed by atoms with E-state index in [2.05, 4.69) is 20.5 Å². The summed E-state index contributed by atoms with van der Waals surface area (Å²) in [4.78, 5) is 14.7. The summed E-state index contributed by atoms with van der Waals surface area (Å²) in [5, 5.41) is 22.2. The maximum Gasteiger partial charge on any atom is 0.282 e. The summed E-state index contributed by atoms with van der Waals surface area (Å²) in [5.41, 5.74) is -0.0302. The molecule has 0 unspecified atom stereocenters. The number of nitrogens with zero attached hydrogens (tertiary/aromatic N) is 4. The van der Waals surface area contributed by atoms with E-state index in [1.165, 1.54) is 12.1 Å². The number of hydrogen-bond acceptors (Lipinski definition) is 8. The molecule has 0 aliphatic rings. The summed E-state index contributed by atoms with van der Waals surface area (Å²) >= 11 is 1.09. The molecular formula is C11H13N5O3S. The third-order valence-corrected chi connectivity index (χ3v) is 3.01. The molecule has 2 aromatic heterocycles. The molecule has 1 N–H and O–H groups in total. The molecule has 0 atom stereocenters. The average Bonchev–Trinajstić information content (AvgIpc) is 2.81. The van der Waals surface area contributed by atoms with Gasteiger partial charge in [-0.05, 0) is 18.2 Å². The van der Waals surface area contributed by atoms with Crippen LogP contribution >= 0.6 is 11.8 Å². The van der Waals surface area contributed by atoms with Gasteiger partial charge in [-0.25, -0.2) is 4.98 Å². The van der Waals surface area contributed by atoms with E-state index >= 15 is 0 Å². The molecule has 0 radical (unpaired) electrons. The van der Waals surface area contributed by atoms with Gasteiger partial charge in [0.05, 0.1) is 11.0 Å². The normalized spacial score (nSPS) is 10.5. The molecule has 0 aromatic carbocycles. The summed E-state index contributed by atoms with van der Waals surface area (Å²) < 4.78 is 5.22. The van der Waals surface area contributed by atoms with Gasteiger partial charge in [0, 0.05) is 19.5 Å². The first-order valence-electron chi connectivity index (χ1n) is 5.97. The molecule has 2 heterocycles. The van der Waals surface area contributed by atoms with Crippen LogP contribution in [0.3, 0.4) is 0 Å². The molecule has 106 valence electrons. The van der Waals surface area contributed by atoms with Gasteiger partial charge in [0.25, 0.3) is 10.9 Å². The molecule has 2 rings (SSSR count). The highest BCUT2D eigenvalue weighted by Gasteiger charge is 2.14. The number of rotatable bonds is 6. The van der Waals surface area contributed by atoms with Gasteiger partial charge in [0.15, 0.2) is 0 Å². The SMILES string of the molecule is CCCNc1cc([N+](=O)[O-])cc(Sc2nnc(C)o2)n1. The molecule has 0 saturated carbocycles. The first-order valence-corrected chi connectivity index (χ1v) is 6.78. The average molecular weight is 295 g/mol. The number of nitro groups is 1. The van der Waals surface area contributed by atoms with Crippen LogP contribution in [-0.2, 0) is 0 Å². The van der Waals surface area contributed by atoms with Crippen LogP contribution in [0.25, 0.3) is 0 Å². The van der Waals surface area contributed by atoms with Crippen molar-refractivity contribution in [2.24, 2.45) is 0 Å². The monoisotopic (exact) mass is 295 g/mol. The predicted molar refractivity (Wildman–Crippen MR) is 72.8 cm³/mol. The largest absolute Gasteiger partial charge is 0.416 e. The Morgan fingerprint density at radius 1 is 1.45 bits per heavy atom. The van der Waals surface area contributed by atoms with Crippen molar-refractivity contribution in [2.75, 3.05) is 11.9 Å². The second kappa shape index (κ2) is 6.33. The van der Waals surface area contributed by atoms with Gasteiger partial charge >= 0.3 is 0 Å². The molecule has 9 heteroatoms. The zero-order chi connectivity index (χ0) is 14.5. The molecule has 2 aromatic rings. The summed E-state index contributed by atoms with van der Waals surface area (Å²) in [7, 11) is 0. The van der Waals surface area contributed by atoms with Crippen LogP contribution in [-0.4, -0.2) is 26.6 Å². The van der Waals surface area contributed by atoms with Gasteiger partial charge in [-0.1, -0.05) is 6.92 Å². The van der Waals surface area contributed by atoms with Gasteiger partial charge in [-0.2, -0.15) is 0 Å². The Morgan fingerprint density at radius 2 is 2.25 bits per heavy atom. The zero-order valence-electron chi connectivity index (χ0n) is 11.0. The fraction of sp³-hybridized carbons (Fsp3) is 0.364. The minimum atomic E-state index is -0.456. The van der Waals surface area contributed by atoms with Gasteiger partial charge in [0.2, 0.25) is 5.89 Å². The topological polar surface area (TPSA) is 107 Å². The van der Waals surface area contributed by atoms with Gasteiger partial charge in [-0.15, -0.1) is 10.2 Å². The molecule has 0 fully saturated rings. The number of nitrogens with one attached hydrogen (secondary N) is 1. The number of anilines is 1. The van der Waals surface area contributed by atoms with E-state index in [4.69, 9.17) is 4.42 Å². The summed E-state index contributed by atoms with van der Waals surface area (Å²) in [5.74, 6) is 0.891. The lowest BCUT2D eigenvalue weighted by molar-refractivity contribution is -0.385. The van der Waals surface area contributed by atoms with E-state index in [-0.39, 0.29) is 5.69 Å². The van der Waals surface area contributed by atoms with Crippen molar-refractivity contribution in [3.63, 3.8) is 0 Å². The highest BCUT2D eigenvalue weighted by Crippen LogP contribution is 2.29. The third-order valence-electron chi connectivity index (χ3n) is 2.25. The second-order valence-corrected chi connectivity index (χ2v) is 4.89. The van der Waals surface area contributed by atoms with Crippen molar-refractivity contribution < 1.29 is 9.34 Å². The van der Waals surface area contributed by atoms with E-state index in [1.54, 1.807) is 6.92 Å². The molecule has 0 bridgehead atoms. The first-order chi connectivity index (χ1) is 9.58. The predicted octanol–water partition coefficient (Wildman–Crippen LogP) is 2.65. The molecule has 0 aliphatic carbocycles. The Kier molecular flexibility index (Phi) is 4.51. The van der Waals surface area contributed by atoms with Crippen molar-refractivity contribution in [3.05, 3.63) is 28.1 Å². The summed E-state index contributed by atoms with van der Waals surface area (Å²) in [6.45, 7) is 4.37. The van der Waals surface area contributed by atoms with Crippen LogP contribution in [0.5, 0.6) is 0 Å². The van der Waals surface area contributed by atoms with Crippen LogP contribution in [0.4, 0.5) is 11.5 Å². The van der Waals surface area contributed by atoms with Gasteiger partial charge in [0.1, 0.15) is 10.8 Å². The Bertz CT molecular complexity index is 616. The summed E-state index contributed by atoms with van der Waals surface area (Å²) in [6.07, 6.45) is 0.899. The lowest BCUT2D eigenvalue weighted by Gasteiger charge is -2.05. The van der Waals surface area contributed by atoms with Crippen LogP contribution in [0, 0.1) is 17.0 Å². The van der Waals surface area contributed by atoms with Crippen molar-refractivity contribution in [3.8, 4) is 0 Å².